The molecule has 0 aliphatic rings. The second-order valence-corrected chi connectivity index (χ2v) is 9.45. The van der Waals surface area contributed by atoms with Gasteiger partial charge in [-0.1, -0.05) is 29.4 Å². The number of fused-ring (bicyclic) bond motifs is 1. The van der Waals surface area contributed by atoms with Gasteiger partial charge in [0.05, 0.1) is 11.3 Å². The fourth-order valence-corrected chi connectivity index (χ4v) is 4.07. The zero-order valence-electron chi connectivity index (χ0n) is 17.1. The zero-order valence-corrected chi connectivity index (χ0v) is 17.9. The Morgan fingerprint density at radius 1 is 1.09 bits per heavy atom. The third-order valence-electron chi connectivity index (χ3n) is 5.10. The second kappa shape index (κ2) is 8.23. The monoisotopic (exact) mass is 479 g/mol. The van der Waals surface area contributed by atoms with E-state index in [1.54, 1.807) is 24.3 Å². The lowest BCUT2D eigenvalue weighted by Crippen LogP contribution is -2.17. The third kappa shape index (κ3) is 4.60. The maximum Gasteiger partial charge on any atom is 0.416 e. The molecule has 0 aliphatic heterocycles. The number of sulfone groups is 1. The van der Waals surface area contributed by atoms with Crippen LogP contribution in [0.2, 0.25) is 0 Å². The molecule has 0 saturated carbocycles. The molecule has 1 atom stereocenters. The van der Waals surface area contributed by atoms with Crippen LogP contribution in [0, 0.1) is 5.82 Å². The first-order valence-electron chi connectivity index (χ1n) is 9.62. The minimum atomic E-state index is -4.53. The maximum absolute atomic E-state index is 14.3. The third-order valence-corrected chi connectivity index (χ3v) is 6.09. The molecule has 1 unspecified atom stereocenters. The van der Waals surface area contributed by atoms with Gasteiger partial charge in [0.25, 0.3) is 0 Å². The van der Waals surface area contributed by atoms with Crippen LogP contribution in [0.1, 0.15) is 22.9 Å². The predicted octanol–water partition coefficient (Wildman–Crippen LogP) is 4.69. The summed E-state index contributed by atoms with van der Waals surface area (Å²) in [5.74, 6) is -0.707. The molecule has 0 spiro atoms. The zero-order chi connectivity index (χ0) is 24.0. The Morgan fingerprint density at radius 3 is 2.52 bits per heavy atom. The van der Waals surface area contributed by atoms with Crippen LogP contribution in [-0.2, 0) is 22.4 Å². The van der Waals surface area contributed by atoms with Gasteiger partial charge in [0.15, 0.2) is 20.4 Å². The van der Waals surface area contributed by atoms with Crippen LogP contribution in [0.4, 0.5) is 17.6 Å². The normalized spacial score (nSPS) is 13.4. The highest BCUT2D eigenvalue weighted by Crippen LogP contribution is 2.36. The van der Waals surface area contributed by atoms with E-state index in [2.05, 4.69) is 10.1 Å². The highest BCUT2D eigenvalue weighted by Gasteiger charge is 2.31. The van der Waals surface area contributed by atoms with Crippen LogP contribution in [0.25, 0.3) is 22.2 Å². The first-order valence-corrected chi connectivity index (χ1v) is 11.5. The molecule has 2 aromatic heterocycles. The lowest BCUT2D eigenvalue weighted by atomic mass is 9.94. The van der Waals surface area contributed by atoms with Gasteiger partial charge in [0, 0.05) is 29.7 Å². The number of halogens is 4. The Kier molecular flexibility index (Phi) is 5.71. The van der Waals surface area contributed by atoms with Crippen molar-refractivity contribution >= 4 is 20.8 Å². The van der Waals surface area contributed by atoms with Crippen molar-refractivity contribution in [2.75, 3.05) is 6.26 Å². The van der Waals surface area contributed by atoms with Crippen LogP contribution in [-0.4, -0.2) is 24.8 Å². The molecule has 0 bridgehead atoms. The van der Waals surface area contributed by atoms with E-state index in [1.807, 2.05) is 0 Å². The standard InChI is InChI=1S/C22H17F4N3O3S/c1-33(30,31)20-9-8-16(23)18(28-20)11-17(27)13-4-2-3-5-14(13)21-15-7-6-12(22(24,25)26)10-19(15)32-29-21/h2-10,17H,11,27H2,1H3. The number of nitrogens with zero attached hydrogens (tertiary/aromatic N) is 2. The molecule has 33 heavy (non-hydrogen) atoms. The fourth-order valence-electron chi connectivity index (χ4n) is 3.48. The number of alkyl halides is 3. The van der Waals surface area contributed by atoms with Gasteiger partial charge >= 0.3 is 6.18 Å². The lowest BCUT2D eigenvalue weighted by molar-refractivity contribution is -0.137. The molecule has 2 N–H and O–H groups in total. The summed E-state index contributed by atoms with van der Waals surface area (Å²) < 4.78 is 82.0. The second-order valence-electron chi connectivity index (χ2n) is 7.49. The fraction of sp³-hybridized carbons (Fsp3) is 0.182. The lowest BCUT2D eigenvalue weighted by Gasteiger charge is -2.16. The van der Waals surface area contributed by atoms with Gasteiger partial charge in [-0.05, 0) is 35.9 Å². The molecule has 2 aromatic carbocycles. The molecule has 0 amide bonds. The molecule has 11 heteroatoms. The summed E-state index contributed by atoms with van der Waals surface area (Å²) in [5.41, 5.74) is 6.57. The molecule has 0 fully saturated rings. The van der Waals surface area contributed by atoms with E-state index < -0.39 is 33.4 Å². The topological polar surface area (TPSA) is 99.1 Å². The van der Waals surface area contributed by atoms with Crippen molar-refractivity contribution in [1.29, 1.82) is 0 Å². The molecule has 0 saturated heterocycles. The average molecular weight is 479 g/mol. The molecular weight excluding hydrogens is 462 g/mol. The molecule has 4 rings (SSSR count). The van der Waals surface area contributed by atoms with E-state index >= 15 is 0 Å². The number of aromatic nitrogens is 2. The number of nitrogens with two attached hydrogens (primary N) is 1. The summed E-state index contributed by atoms with van der Waals surface area (Å²) in [6.45, 7) is 0. The highest BCUT2D eigenvalue weighted by atomic mass is 32.2. The molecule has 172 valence electrons. The van der Waals surface area contributed by atoms with E-state index in [4.69, 9.17) is 10.3 Å². The molecule has 6 nitrogen and oxygen atoms in total. The van der Waals surface area contributed by atoms with Crippen molar-refractivity contribution < 1.29 is 30.5 Å². The van der Waals surface area contributed by atoms with Crippen LogP contribution < -0.4 is 5.73 Å². The minimum absolute atomic E-state index is 0.0447. The van der Waals surface area contributed by atoms with Crippen molar-refractivity contribution in [2.24, 2.45) is 5.73 Å². The summed E-state index contributed by atoms with van der Waals surface area (Å²) in [6.07, 6.45) is -3.69. The predicted molar refractivity (Wildman–Crippen MR) is 112 cm³/mol. The smallest absolute Gasteiger partial charge is 0.356 e. The minimum Gasteiger partial charge on any atom is -0.356 e. The van der Waals surface area contributed by atoms with Gasteiger partial charge < -0.3 is 10.3 Å². The number of hydrogen-bond donors (Lipinski definition) is 1. The molecular formula is C22H17F4N3O3S. The number of hydrogen-bond acceptors (Lipinski definition) is 6. The number of pyridine rings is 1. The van der Waals surface area contributed by atoms with E-state index in [0.717, 1.165) is 30.5 Å². The van der Waals surface area contributed by atoms with E-state index in [-0.39, 0.29) is 28.4 Å². The van der Waals surface area contributed by atoms with Gasteiger partial charge in [-0.2, -0.15) is 13.2 Å². The summed E-state index contributed by atoms with van der Waals surface area (Å²) in [6, 6.07) is 11.1. The van der Waals surface area contributed by atoms with Crippen molar-refractivity contribution in [3.8, 4) is 11.3 Å². The SMILES string of the molecule is CS(=O)(=O)c1ccc(F)c(CC(N)c2ccccc2-c2noc3cc(C(F)(F)F)ccc23)n1. The van der Waals surface area contributed by atoms with Crippen molar-refractivity contribution in [1.82, 2.24) is 10.1 Å². The summed E-state index contributed by atoms with van der Waals surface area (Å²) in [5, 5.41) is 4.01. The summed E-state index contributed by atoms with van der Waals surface area (Å²) >= 11 is 0. The van der Waals surface area contributed by atoms with E-state index in [1.165, 1.54) is 6.07 Å². The Bertz CT molecular complexity index is 1450. The van der Waals surface area contributed by atoms with Crippen molar-refractivity contribution in [3.63, 3.8) is 0 Å². The van der Waals surface area contributed by atoms with Crippen LogP contribution in [0.15, 0.2) is 64.1 Å². The van der Waals surface area contributed by atoms with Gasteiger partial charge in [0.2, 0.25) is 0 Å². The van der Waals surface area contributed by atoms with E-state index in [0.29, 0.717) is 16.5 Å². The first-order chi connectivity index (χ1) is 15.4. The van der Waals surface area contributed by atoms with Crippen LogP contribution in [0.3, 0.4) is 0 Å². The first kappa shape index (κ1) is 22.9. The average Bonchev–Trinajstić information content (AvgIpc) is 3.17. The van der Waals surface area contributed by atoms with E-state index in [9.17, 15) is 26.0 Å². The Hall–Kier alpha value is -3.31. The van der Waals surface area contributed by atoms with Gasteiger partial charge in [-0.3, -0.25) is 0 Å². The Morgan fingerprint density at radius 2 is 1.82 bits per heavy atom. The maximum atomic E-state index is 14.3. The number of benzene rings is 2. The quantitative estimate of drug-likeness (QED) is 0.417. The van der Waals surface area contributed by atoms with Crippen molar-refractivity contribution in [3.05, 3.63) is 77.2 Å². The number of rotatable bonds is 5. The molecule has 2 heterocycles. The Labute approximate surface area is 185 Å². The van der Waals surface area contributed by atoms with Gasteiger partial charge in [-0.15, -0.1) is 0 Å². The van der Waals surface area contributed by atoms with Crippen LogP contribution >= 0.6 is 0 Å². The van der Waals surface area contributed by atoms with Crippen molar-refractivity contribution in [2.45, 2.75) is 23.7 Å². The summed E-state index contributed by atoms with van der Waals surface area (Å²) in [4.78, 5) is 3.90. The molecule has 0 aliphatic carbocycles. The highest BCUT2D eigenvalue weighted by molar-refractivity contribution is 7.90. The van der Waals surface area contributed by atoms with Gasteiger partial charge in [0.1, 0.15) is 11.5 Å². The molecule has 4 aromatic rings. The van der Waals surface area contributed by atoms with Gasteiger partial charge in [-0.25, -0.2) is 17.8 Å². The Balaban J connectivity index is 1.73. The largest absolute Gasteiger partial charge is 0.416 e. The molecule has 0 radical (unpaired) electrons. The van der Waals surface area contributed by atoms with Crippen LogP contribution in [0.5, 0.6) is 0 Å². The summed E-state index contributed by atoms with van der Waals surface area (Å²) in [7, 11) is -3.65.